The second-order valence-electron chi connectivity index (χ2n) is 4.65. The molecule has 0 saturated carbocycles. The van der Waals surface area contributed by atoms with Crippen molar-refractivity contribution < 1.29 is 42.9 Å². The highest BCUT2D eigenvalue weighted by atomic mass is 79.9. The van der Waals surface area contributed by atoms with Crippen molar-refractivity contribution in [2.45, 2.75) is 50.2 Å². The summed E-state index contributed by atoms with van der Waals surface area (Å²) in [6.07, 6.45) is -5.06. The second-order valence-corrected chi connectivity index (χ2v) is 5.56. The van der Waals surface area contributed by atoms with Gasteiger partial charge in [0.15, 0.2) is 29.4 Å². The highest BCUT2D eigenvalue weighted by Crippen LogP contribution is 2.31. The van der Waals surface area contributed by atoms with Gasteiger partial charge in [0, 0.05) is 20.8 Å². The van der Waals surface area contributed by atoms with Crippen LogP contribution < -0.4 is 0 Å². The average Bonchev–Trinajstić information content (AvgIpc) is 2.43. The predicted octanol–water partition coefficient (Wildman–Crippen LogP) is 0.0743. The maximum atomic E-state index is 11.9. The highest BCUT2D eigenvalue weighted by molar-refractivity contribution is 9.09. The maximum Gasteiger partial charge on any atom is 0.339 e. The van der Waals surface area contributed by atoms with Gasteiger partial charge in [-0.2, -0.15) is 0 Å². The molecule has 5 atom stereocenters. The molecular weight excluding hydrogens is 380 g/mol. The van der Waals surface area contributed by atoms with Crippen LogP contribution in [-0.4, -0.2) is 60.4 Å². The van der Waals surface area contributed by atoms with Gasteiger partial charge in [0.05, 0.1) is 7.11 Å². The normalized spacial score (nSPS) is 30.0. The maximum absolute atomic E-state index is 11.9. The van der Waals surface area contributed by atoms with Crippen molar-refractivity contribution in [3.8, 4) is 0 Å². The SMILES string of the molecule is COC(=O)[C@@H]1O[C@H](Br)[C@H](OC(C)=O)[C@H](OC(C)=O)[C@H]1OC(C)=O. The number of esters is 4. The van der Waals surface area contributed by atoms with E-state index in [0.717, 1.165) is 27.9 Å². The molecule has 0 aliphatic carbocycles. The number of methoxy groups -OCH3 is 1. The Morgan fingerprint density at radius 3 is 1.70 bits per heavy atom. The first-order valence-electron chi connectivity index (χ1n) is 6.56. The third kappa shape index (κ3) is 5.17. The molecule has 130 valence electrons. The molecule has 1 aliphatic heterocycles. The third-order valence-corrected chi connectivity index (χ3v) is 3.56. The van der Waals surface area contributed by atoms with Gasteiger partial charge in [-0.05, 0) is 0 Å². The van der Waals surface area contributed by atoms with E-state index in [2.05, 4.69) is 20.7 Å². The van der Waals surface area contributed by atoms with Gasteiger partial charge in [0.2, 0.25) is 0 Å². The Balaban J connectivity index is 3.21. The van der Waals surface area contributed by atoms with E-state index in [1.54, 1.807) is 0 Å². The van der Waals surface area contributed by atoms with E-state index in [1.807, 2.05) is 0 Å². The van der Waals surface area contributed by atoms with Crippen molar-refractivity contribution in [1.29, 1.82) is 0 Å². The average molecular weight is 397 g/mol. The fourth-order valence-electron chi connectivity index (χ4n) is 2.07. The number of carbonyl (C=O) groups excluding carboxylic acids is 4. The molecule has 9 nitrogen and oxygen atoms in total. The predicted molar refractivity (Wildman–Crippen MR) is 76.3 cm³/mol. The van der Waals surface area contributed by atoms with Crippen molar-refractivity contribution in [1.82, 2.24) is 0 Å². The molecule has 0 aromatic heterocycles. The van der Waals surface area contributed by atoms with E-state index >= 15 is 0 Å². The minimum Gasteiger partial charge on any atom is -0.467 e. The minimum atomic E-state index is -1.36. The largest absolute Gasteiger partial charge is 0.467 e. The fraction of sp³-hybridized carbons (Fsp3) is 0.692. The molecule has 1 saturated heterocycles. The molecule has 0 N–H and O–H groups in total. The van der Waals surface area contributed by atoms with Crippen molar-refractivity contribution in [2.75, 3.05) is 7.11 Å². The number of hydrogen-bond acceptors (Lipinski definition) is 9. The summed E-state index contributed by atoms with van der Waals surface area (Å²) in [5.41, 5.74) is 0. The molecule has 1 fully saturated rings. The van der Waals surface area contributed by atoms with Crippen LogP contribution in [0.4, 0.5) is 0 Å². The smallest absolute Gasteiger partial charge is 0.339 e. The highest BCUT2D eigenvalue weighted by Gasteiger charge is 2.53. The van der Waals surface area contributed by atoms with Gasteiger partial charge < -0.3 is 23.7 Å². The van der Waals surface area contributed by atoms with Gasteiger partial charge in [0.1, 0.15) is 0 Å². The zero-order valence-electron chi connectivity index (χ0n) is 12.9. The first kappa shape index (κ1) is 19.4. The Kier molecular flexibility index (Phi) is 6.95. The van der Waals surface area contributed by atoms with Gasteiger partial charge in [0.25, 0.3) is 0 Å². The van der Waals surface area contributed by atoms with Gasteiger partial charge in [-0.3, -0.25) is 14.4 Å². The summed E-state index contributed by atoms with van der Waals surface area (Å²) in [7, 11) is 1.12. The first-order valence-corrected chi connectivity index (χ1v) is 7.48. The van der Waals surface area contributed by atoms with Crippen LogP contribution in [0.3, 0.4) is 0 Å². The Labute approximate surface area is 140 Å². The molecule has 0 radical (unpaired) electrons. The summed E-state index contributed by atoms with van der Waals surface area (Å²) in [6.45, 7) is 3.39. The molecule has 0 spiro atoms. The zero-order valence-corrected chi connectivity index (χ0v) is 14.5. The van der Waals surface area contributed by atoms with E-state index in [4.69, 9.17) is 18.9 Å². The molecule has 0 bridgehead atoms. The molecule has 1 heterocycles. The van der Waals surface area contributed by atoms with E-state index in [0.29, 0.717) is 0 Å². The lowest BCUT2D eigenvalue weighted by Crippen LogP contribution is -2.61. The summed E-state index contributed by atoms with van der Waals surface area (Å²) >= 11 is 3.11. The summed E-state index contributed by atoms with van der Waals surface area (Å²) < 4.78 is 25.2. The second kappa shape index (κ2) is 8.25. The van der Waals surface area contributed by atoms with E-state index < -0.39 is 53.3 Å². The van der Waals surface area contributed by atoms with E-state index in [1.165, 1.54) is 0 Å². The number of alkyl halides is 1. The number of ether oxygens (including phenoxy) is 5. The molecular formula is C13H17BrO9. The summed E-state index contributed by atoms with van der Waals surface area (Å²) in [6, 6.07) is 0. The quantitative estimate of drug-likeness (QED) is 0.369. The molecule has 10 heteroatoms. The third-order valence-electron chi connectivity index (χ3n) is 2.82. The van der Waals surface area contributed by atoms with Crippen LogP contribution in [0.25, 0.3) is 0 Å². The summed E-state index contributed by atoms with van der Waals surface area (Å²) in [4.78, 5) is 45.8. The van der Waals surface area contributed by atoms with Crippen molar-refractivity contribution >= 4 is 39.8 Å². The van der Waals surface area contributed by atoms with Gasteiger partial charge in [-0.1, -0.05) is 15.9 Å². The van der Waals surface area contributed by atoms with Gasteiger partial charge in [-0.15, -0.1) is 0 Å². The molecule has 1 aliphatic rings. The lowest BCUT2D eigenvalue weighted by atomic mass is 9.99. The lowest BCUT2D eigenvalue weighted by Gasteiger charge is -2.41. The zero-order chi connectivity index (χ0) is 17.7. The van der Waals surface area contributed by atoms with Gasteiger partial charge in [-0.25, -0.2) is 4.79 Å². The molecule has 23 heavy (non-hydrogen) atoms. The molecule has 0 unspecified atom stereocenters. The van der Waals surface area contributed by atoms with Crippen LogP contribution in [0.5, 0.6) is 0 Å². The summed E-state index contributed by atoms with van der Waals surface area (Å²) in [5.74, 6) is -2.95. The van der Waals surface area contributed by atoms with Crippen LogP contribution >= 0.6 is 15.9 Å². The molecule has 1 rings (SSSR count). The minimum absolute atomic E-state index is 0.668. The standard InChI is InChI=1S/C13H17BrO9/c1-5(15)20-8-9(21-6(2)16)11(13(18)19-4)23-12(14)10(8)22-7(3)17/h8-12H,1-4H3/t8-,9-,10-,11-,12+/m1/s1. The molecule has 0 aromatic carbocycles. The van der Waals surface area contributed by atoms with Crippen LogP contribution in [0, 0.1) is 0 Å². The number of rotatable bonds is 4. The first-order chi connectivity index (χ1) is 10.7. The fourth-order valence-corrected chi connectivity index (χ4v) is 2.71. The van der Waals surface area contributed by atoms with Gasteiger partial charge >= 0.3 is 23.9 Å². The number of carbonyl (C=O) groups is 4. The Hall–Kier alpha value is -1.68. The summed E-state index contributed by atoms with van der Waals surface area (Å²) in [5, 5.41) is -0.980. The number of halogens is 1. The van der Waals surface area contributed by atoms with Crippen LogP contribution in [-0.2, 0) is 42.9 Å². The monoisotopic (exact) mass is 396 g/mol. The van der Waals surface area contributed by atoms with Crippen LogP contribution in [0.2, 0.25) is 0 Å². The Morgan fingerprint density at radius 1 is 0.826 bits per heavy atom. The lowest BCUT2D eigenvalue weighted by molar-refractivity contribution is -0.234. The number of hydrogen-bond donors (Lipinski definition) is 0. The molecule has 0 aromatic rings. The van der Waals surface area contributed by atoms with Crippen molar-refractivity contribution in [3.63, 3.8) is 0 Å². The van der Waals surface area contributed by atoms with E-state index in [-0.39, 0.29) is 0 Å². The van der Waals surface area contributed by atoms with E-state index in [9.17, 15) is 19.2 Å². The van der Waals surface area contributed by atoms with Crippen LogP contribution in [0.15, 0.2) is 0 Å². The topological polar surface area (TPSA) is 114 Å². The Morgan fingerprint density at radius 2 is 1.26 bits per heavy atom. The van der Waals surface area contributed by atoms with Crippen LogP contribution in [0.1, 0.15) is 20.8 Å². The molecule has 0 amide bonds. The van der Waals surface area contributed by atoms with Crippen molar-refractivity contribution in [3.05, 3.63) is 0 Å². The Bertz CT molecular complexity index is 492. The van der Waals surface area contributed by atoms with Crippen molar-refractivity contribution in [2.24, 2.45) is 0 Å².